The minimum Gasteiger partial charge on any atom is -0.481 e. The van der Waals surface area contributed by atoms with Gasteiger partial charge in [0, 0.05) is 25.1 Å². The number of para-hydroxylation sites is 1. The maximum absolute atomic E-state index is 13.8. The largest absolute Gasteiger partial charge is 0.481 e. The van der Waals surface area contributed by atoms with Crippen LogP contribution in [0.25, 0.3) is 0 Å². The minimum atomic E-state index is -1.90. The van der Waals surface area contributed by atoms with Crippen molar-refractivity contribution in [3.8, 4) is 5.75 Å². The summed E-state index contributed by atoms with van der Waals surface area (Å²) in [5.41, 5.74) is 0.239. The fourth-order valence-corrected chi connectivity index (χ4v) is 4.04. The Labute approximate surface area is 229 Å². The van der Waals surface area contributed by atoms with Crippen LogP contribution in [0.3, 0.4) is 0 Å². The number of likely N-dealkylation sites (tertiary alicyclic amines) is 1. The van der Waals surface area contributed by atoms with Gasteiger partial charge in [-0.25, -0.2) is 8.78 Å². The van der Waals surface area contributed by atoms with Gasteiger partial charge in [-0.15, -0.1) is 0 Å². The lowest BCUT2D eigenvalue weighted by Crippen LogP contribution is -2.50. The third-order valence-corrected chi connectivity index (χ3v) is 6.31. The van der Waals surface area contributed by atoms with Gasteiger partial charge >= 0.3 is 17.8 Å². The van der Waals surface area contributed by atoms with E-state index in [4.69, 9.17) is 16.7 Å². The summed E-state index contributed by atoms with van der Waals surface area (Å²) in [6.07, 6.45) is -0.781. The lowest BCUT2D eigenvalue weighted by Gasteiger charge is -2.31. The van der Waals surface area contributed by atoms with Crippen molar-refractivity contribution in [3.05, 3.63) is 58.6 Å². The molecule has 1 unspecified atom stereocenters. The Kier molecular flexibility index (Phi) is 10.0. The Morgan fingerprint density at radius 1 is 1.02 bits per heavy atom. The molecule has 2 aromatic carbocycles. The molecule has 1 aliphatic heterocycles. The molecule has 1 atom stereocenters. The molecule has 0 aromatic heterocycles. The van der Waals surface area contributed by atoms with Gasteiger partial charge in [0.1, 0.15) is 12.6 Å². The number of carbonyl (C=O) groups is 5. The summed E-state index contributed by atoms with van der Waals surface area (Å²) in [7, 11) is 0. The number of halogens is 5. The second kappa shape index (κ2) is 13.2. The Hall–Kier alpha value is -4.20. The van der Waals surface area contributed by atoms with Gasteiger partial charge in [0.15, 0.2) is 23.2 Å². The number of amides is 3. The van der Waals surface area contributed by atoms with E-state index >= 15 is 0 Å². The van der Waals surface area contributed by atoms with Gasteiger partial charge in [-0.3, -0.25) is 24.0 Å². The maximum Gasteiger partial charge on any atom is 0.313 e. The van der Waals surface area contributed by atoms with Crippen LogP contribution < -0.4 is 15.4 Å². The average molecular weight is 588 g/mol. The highest BCUT2D eigenvalue weighted by molar-refractivity contribution is 6.41. The zero-order valence-electron chi connectivity index (χ0n) is 20.5. The number of nitrogens with zero attached hydrogens (tertiary/aromatic N) is 1. The van der Waals surface area contributed by atoms with E-state index in [0.29, 0.717) is 0 Å². The van der Waals surface area contributed by atoms with Crippen LogP contribution in [-0.2, 0) is 24.0 Å². The molecule has 0 aliphatic carbocycles. The van der Waals surface area contributed by atoms with Crippen LogP contribution >= 0.6 is 11.6 Å². The first-order chi connectivity index (χ1) is 18.9. The number of hydrogen-bond acceptors (Lipinski definition) is 6. The van der Waals surface area contributed by atoms with Crippen LogP contribution in [0, 0.1) is 29.2 Å². The molecule has 0 saturated carbocycles. The van der Waals surface area contributed by atoms with E-state index in [-0.39, 0.29) is 42.7 Å². The Bertz CT molecular complexity index is 1310. The van der Waals surface area contributed by atoms with E-state index < -0.39 is 83.5 Å². The van der Waals surface area contributed by atoms with Gasteiger partial charge < -0.3 is 25.4 Å². The van der Waals surface area contributed by atoms with Crippen molar-refractivity contribution >= 4 is 46.8 Å². The van der Waals surface area contributed by atoms with Crippen LogP contribution in [0.1, 0.15) is 19.3 Å². The van der Waals surface area contributed by atoms with Gasteiger partial charge in [-0.1, -0.05) is 23.7 Å². The van der Waals surface area contributed by atoms with Gasteiger partial charge in [-0.05, 0) is 25.0 Å². The second-order valence-corrected chi connectivity index (χ2v) is 9.12. The molecule has 3 N–H and O–H groups in total. The molecule has 1 heterocycles. The normalized spacial score (nSPS) is 14.3. The highest BCUT2D eigenvalue weighted by Crippen LogP contribution is 2.27. The molecule has 15 heteroatoms. The van der Waals surface area contributed by atoms with Crippen LogP contribution in [0.15, 0.2) is 30.3 Å². The molecule has 1 fully saturated rings. The number of carboxylic acids is 1. The summed E-state index contributed by atoms with van der Waals surface area (Å²) in [6, 6.07) is 4.53. The molecular weight excluding hydrogens is 566 g/mol. The molecule has 3 amide bonds. The number of hydrogen-bond donors (Lipinski definition) is 3. The topological polar surface area (TPSA) is 142 Å². The Morgan fingerprint density at radius 3 is 2.20 bits per heavy atom. The van der Waals surface area contributed by atoms with Crippen molar-refractivity contribution in [1.82, 2.24) is 10.2 Å². The third-order valence-electron chi connectivity index (χ3n) is 5.98. The van der Waals surface area contributed by atoms with Crippen LogP contribution in [-0.4, -0.2) is 65.2 Å². The molecule has 10 nitrogen and oxygen atoms in total. The summed E-state index contributed by atoms with van der Waals surface area (Å²) in [5, 5.41) is 14.0. The predicted octanol–water partition coefficient (Wildman–Crippen LogP) is 2.68. The molecule has 0 radical (unpaired) electrons. The summed E-state index contributed by atoms with van der Waals surface area (Å²) >= 11 is 5.97. The molecule has 1 aliphatic rings. The molecule has 0 spiro atoms. The quantitative estimate of drug-likeness (QED) is 0.233. The Morgan fingerprint density at radius 2 is 1.62 bits per heavy atom. The molecule has 40 heavy (non-hydrogen) atoms. The van der Waals surface area contributed by atoms with E-state index in [0.717, 1.165) is 0 Å². The van der Waals surface area contributed by atoms with Crippen molar-refractivity contribution in [2.45, 2.75) is 25.3 Å². The van der Waals surface area contributed by atoms with E-state index in [9.17, 15) is 41.5 Å². The number of ketones is 1. The molecular formula is C25H22ClF4N3O7. The number of nitrogens with one attached hydrogen (secondary N) is 2. The molecule has 2 aromatic rings. The van der Waals surface area contributed by atoms with Gasteiger partial charge in [0.2, 0.25) is 17.5 Å². The predicted molar refractivity (Wildman–Crippen MR) is 130 cm³/mol. The first-order valence-corrected chi connectivity index (χ1v) is 12.1. The Balaban J connectivity index is 1.56. The van der Waals surface area contributed by atoms with Gasteiger partial charge in [-0.2, -0.15) is 8.78 Å². The molecule has 0 bridgehead atoms. The highest BCUT2D eigenvalue weighted by Gasteiger charge is 2.33. The summed E-state index contributed by atoms with van der Waals surface area (Å²) < 4.78 is 58.9. The van der Waals surface area contributed by atoms with E-state index in [1.54, 1.807) is 12.1 Å². The van der Waals surface area contributed by atoms with E-state index in [1.165, 1.54) is 17.0 Å². The number of rotatable bonds is 9. The lowest BCUT2D eigenvalue weighted by atomic mass is 9.95. The minimum absolute atomic E-state index is 0.00277. The first-order valence-electron chi connectivity index (χ1n) is 11.7. The van der Waals surface area contributed by atoms with E-state index in [1.807, 2.05) is 0 Å². The number of aliphatic carboxylic acids is 1. The molecule has 214 valence electrons. The van der Waals surface area contributed by atoms with Crippen LogP contribution in [0.4, 0.5) is 23.2 Å². The van der Waals surface area contributed by atoms with Crippen molar-refractivity contribution < 1.29 is 51.4 Å². The van der Waals surface area contributed by atoms with Crippen LogP contribution in [0.2, 0.25) is 5.02 Å². The standard InChI is InChI=1S/C25H22ClF4N3O7/c26-13-3-1-2-4-16(13)31-24(38)25(39)33-7-5-12(6-8-33)23(37)32-17(10-19(35)36)18(34)11-40-22-20(29)14(27)9-15(28)21(22)30/h1-4,9,12,17H,5-8,10-11H2,(H,31,38)(H,32,37)(H,35,36). The van der Waals surface area contributed by atoms with Crippen LogP contribution in [0.5, 0.6) is 5.75 Å². The lowest BCUT2D eigenvalue weighted by molar-refractivity contribution is -0.145. The third kappa shape index (κ3) is 7.46. The second-order valence-electron chi connectivity index (χ2n) is 8.71. The number of carboxylic acid groups (broad SMARTS) is 1. The smallest absolute Gasteiger partial charge is 0.313 e. The van der Waals surface area contributed by atoms with Crippen molar-refractivity contribution in [2.24, 2.45) is 5.92 Å². The van der Waals surface area contributed by atoms with Gasteiger partial charge in [0.25, 0.3) is 0 Å². The summed E-state index contributed by atoms with van der Waals surface area (Å²) in [6.45, 7) is -1.21. The zero-order valence-corrected chi connectivity index (χ0v) is 21.3. The number of carbonyl (C=O) groups excluding carboxylic acids is 4. The fraction of sp³-hybridized carbons (Fsp3) is 0.320. The summed E-state index contributed by atoms with van der Waals surface area (Å²) in [5.74, 6) is -14.8. The molecule has 1 saturated heterocycles. The fourth-order valence-electron chi connectivity index (χ4n) is 3.86. The zero-order chi connectivity index (χ0) is 29.6. The summed E-state index contributed by atoms with van der Waals surface area (Å²) in [4.78, 5) is 62.5. The van der Waals surface area contributed by atoms with Crippen molar-refractivity contribution in [3.63, 3.8) is 0 Å². The number of anilines is 1. The van der Waals surface area contributed by atoms with Crippen molar-refractivity contribution in [1.29, 1.82) is 0 Å². The monoisotopic (exact) mass is 587 g/mol. The maximum atomic E-state index is 13.8. The molecule has 3 rings (SSSR count). The average Bonchev–Trinajstić information content (AvgIpc) is 2.92. The SMILES string of the molecule is O=C(O)CC(NC(=O)C1CCN(C(=O)C(=O)Nc2ccccc2Cl)CC1)C(=O)COc1c(F)c(F)cc(F)c1F. The van der Waals surface area contributed by atoms with Crippen molar-refractivity contribution in [2.75, 3.05) is 25.0 Å². The van der Waals surface area contributed by atoms with Gasteiger partial charge in [0.05, 0.1) is 17.1 Å². The highest BCUT2D eigenvalue weighted by atomic mass is 35.5. The van der Waals surface area contributed by atoms with E-state index in [2.05, 4.69) is 15.4 Å². The first kappa shape index (κ1) is 30.3. The number of piperidine rings is 1. The number of benzene rings is 2. The number of ether oxygens (including phenoxy) is 1. The number of Topliss-reactive ketones (excluding diaryl/α,β-unsaturated/α-hetero) is 1.